The minimum absolute atomic E-state index is 0.0103. The van der Waals surface area contributed by atoms with Crippen LogP contribution in [0.4, 0.5) is 15.8 Å². The number of fused-ring (bicyclic) bond motifs is 3. The monoisotopic (exact) mass is 234 g/mol. The number of benzene rings is 1. The van der Waals surface area contributed by atoms with E-state index in [1.165, 1.54) is 6.07 Å². The molecule has 17 heavy (non-hydrogen) atoms. The Bertz CT molecular complexity index is 487. The molecule has 0 bridgehead atoms. The molecular formula is C13H15FN2O. The van der Waals surface area contributed by atoms with Crippen LogP contribution < -0.4 is 10.2 Å². The SMILES string of the molecule is Cc1cc2c(cc1F)NC(=O)CC1CCCN21. The molecule has 0 saturated carbocycles. The first-order chi connectivity index (χ1) is 8.15. The zero-order valence-electron chi connectivity index (χ0n) is 9.79. The molecule has 2 aliphatic rings. The number of carbonyl (C=O) groups is 1. The summed E-state index contributed by atoms with van der Waals surface area (Å²) in [6, 6.07) is 3.55. The number of hydrogen-bond acceptors (Lipinski definition) is 2. The molecule has 2 heterocycles. The van der Waals surface area contributed by atoms with Gasteiger partial charge in [0, 0.05) is 19.0 Å². The summed E-state index contributed by atoms with van der Waals surface area (Å²) < 4.78 is 13.5. The van der Waals surface area contributed by atoms with Crippen LogP contribution in [0.2, 0.25) is 0 Å². The van der Waals surface area contributed by atoms with Gasteiger partial charge in [-0.1, -0.05) is 0 Å². The zero-order valence-corrected chi connectivity index (χ0v) is 9.79. The summed E-state index contributed by atoms with van der Waals surface area (Å²) >= 11 is 0. The van der Waals surface area contributed by atoms with Crippen LogP contribution in [0.25, 0.3) is 0 Å². The van der Waals surface area contributed by atoms with Crippen molar-refractivity contribution in [3.63, 3.8) is 0 Å². The predicted molar refractivity (Wildman–Crippen MR) is 64.8 cm³/mol. The largest absolute Gasteiger partial charge is 0.366 e. The molecule has 1 aromatic carbocycles. The third-order valence-electron chi connectivity index (χ3n) is 3.66. The van der Waals surface area contributed by atoms with Crippen LogP contribution >= 0.6 is 0 Å². The quantitative estimate of drug-likeness (QED) is 0.747. The maximum Gasteiger partial charge on any atom is 0.226 e. The van der Waals surface area contributed by atoms with Gasteiger partial charge in [0.2, 0.25) is 5.91 Å². The molecule has 1 unspecified atom stereocenters. The van der Waals surface area contributed by atoms with E-state index in [1.54, 1.807) is 6.92 Å². The number of aryl methyl sites for hydroxylation is 1. The van der Waals surface area contributed by atoms with Gasteiger partial charge in [0.15, 0.2) is 0 Å². The van der Waals surface area contributed by atoms with Crippen LogP contribution in [0.5, 0.6) is 0 Å². The molecule has 0 aliphatic carbocycles. The summed E-state index contributed by atoms with van der Waals surface area (Å²) in [6.45, 7) is 2.71. The fraction of sp³-hybridized carbons (Fsp3) is 0.462. The lowest BCUT2D eigenvalue weighted by Crippen LogP contribution is -2.29. The second-order valence-corrected chi connectivity index (χ2v) is 4.86. The molecule has 0 radical (unpaired) electrons. The van der Waals surface area contributed by atoms with Crippen LogP contribution in [-0.4, -0.2) is 18.5 Å². The lowest BCUT2D eigenvalue weighted by atomic mass is 10.1. The summed E-state index contributed by atoms with van der Waals surface area (Å²) in [4.78, 5) is 14.0. The van der Waals surface area contributed by atoms with Crippen LogP contribution in [0.3, 0.4) is 0 Å². The van der Waals surface area contributed by atoms with Crippen molar-refractivity contribution in [2.45, 2.75) is 32.2 Å². The van der Waals surface area contributed by atoms with Crippen molar-refractivity contribution in [3.8, 4) is 0 Å². The third-order valence-corrected chi connectivity index (χ3v) is 3.66. The molecule has 4 heteroatoms. The third kappa shape index (κ3) is 1.68. The summed E-state index contributed by atoms with van der Waals surface area (Å²) in [5, 5.41) is 2.80. The Balaban J connectivity index is 2.13. The van der Waals surface area contributed by atoms with Gasteiger partial charge in [-0.05, 0) is 37.5 Å². The van der Waals surface area contributed by atoms with Crippen molar-refractivity contribution in [1.29, 1.82) is 0 Å². The molecule has 1 amide bonds. The average molecular weight is 234 g/mol. The number of nitrogens with zero attached hydrogens (tertiary/aromatic N) is 1. The summed E-state index contributed by atoms with van der Waals surface area (Å²) in [6.07, 6.45) is 2.66. The van der Waals surface area contributed by atoms with Gasteiger partial charge in [0.1, 0.15) is 5.82 Å². The van der Waals surface area contributed by atoms with E-state index >= 15 is 0 Å². The summed E-state index contributed by atoms with van der Waals surface area (Å²) in [5.41, 5.74) is 2.21. The number of nitrogens with one attached hydrogen (secondary N) is 1. The number of rotatable bonds is 0. The molecule has 0 spiro atoms. The normalized spacial score (nSPS) is 22.8. The van der Waals surface area contributed by atoms with Crippen LogP contribution in [0, 0.1) is 12.7 Å². The van der Waals surface area contributed by atoms with Crippen molar-refractivity contribution in [2.24, 2.45) is 0 Å². The zero-order chi connectivity index (χ0) is 12.0. The number of halogens is 1. The van der Waals surface area contributed by atoms with Crippen LogP contribution in [0.15, 0.2) is 12.1 Å². The fourth-order valence-electron chi connectivity index (χ4n) is 2.78. The van der Waals surface area contributed by atoms with Gasteiger partial charge in [0.05, 0.1) is 11.4 Å². The van der Waals surface area contributed by atoms with E-state index in [-0.39, 0.29) is 17.8 Å². The Morgan fingerprint density at radius 1 is 1.47 bits per heavy atom. The fourth-order valence-corrected chi connectivity index (χ4v) is 2.78. The van der Waals surface area contributed by atoms with Gasteiger partial charge in [-0.15, -0.1) is 0 Å². The maximum absolute atomic E-state index is 13.5. The van der Waals surface area contributed by atoms with Gasteiger partial charge in [0.25, 0.3) is 0 Å². The van der Waals surface area contributed by atoms with E-state index in [4.69, 9.17) is 0 Å². The molecule has 1 aromatic rings. The topological polar surface area (TPSA) is 32.3 Å². The minimum atomic E-state index is -0.262. The standard InChI is InChI=1S/C13H15FN2O/c1-8-5-12-11(7-10(8)14)15-13(17)6-9-3-2-4-16(9)12/h5,7,9H,2-4,6H2,1H3,(H,15,17). The van der Waals surface area contributed by atoms with E-state index in [9.17, 15) is 9.18 Å². The first kappa shape index (κ1) is 10.6. The molecule has 1 saturated heterocycles. The highest BCUT2D eigenvalue weighted by Crippen LogP contribution is 2.37. The van der Waals surface area contributed by atoms with Crippen LogP contribution in [0.1, 0.15) is 24.8 Å². The van der Waals surface area contributed by atoms with Gasteiger partial charge < -0.3 is 10.2 Å². The highest BCUT2D eigenvalue weighted by molar-refractivity contribution is 5.97. The highest BCUT2D eigenvalue weighted by atomic mass is 19.1. The van der Waals surface area contributed by atoms with E-state index < -0.39 is 0 Å². The van der Waals surface area contributed by atoms with Gasteiger partial charge in [-0.3, -0.25) is 4.79 Å². The molecule has 0 aromatic heterocycles. The van der Waals surface area contributed by atoms with Crippen LogP contribution in [-0.2, 0) is 4.79 Å². The smallest absolute Gasteiger partial charge is 0.226 e. The van der Waals surface area contributed by atoms with E-state index in [1.807, 2.05) is 6.07 Å². The Hall–Kier alpha value is -1.58. The highest BCUT2D eigenvalue weighted by Gasteiger charge is 2.31. The van der Waals surface area contributed by atoms with Crippen molar-refractivity contribution in [3.05, 3.63) is 23.5 Å². The Morgan fingerprint density at radius 2 is 2.29 bits per heavy atom. The van der Waals surface area contributed by atoms with Gasteiger partial charge >= 0.3 is 0 Å². The Labute approximate surface area is 99.6 Å². The second-order valence-electron chi connectivity index (χ2n) is 4.86. The van der Waals surface area contributed by atoms with E-state index in [0.717, 1.165) is 25.1 Å². The van der Waals surface area contributed by atoms with Crippen molar-refractivity contribution in [2.75, 3.05) is 16.8 Å². The molecule has 2 aliphatic heterocycles. The minimum Gasteiger partial charge on any atom is -0.366 e. The molecule has 90 valence electrons. The predicted octanol–water partition coefficient (Wildman–Crippen LogP) is 2.45. The molecule has 3 rings (SSSR count). The summed E-state index contributed by atoms with van der Waals surface area (Å²) in [5.74, 6) is -0.273. The van der Waals surface area contributed by atoms with E-state index in [2.05, 4.69) is 10.2 Å². The number of hydrogen-bond donors (Lipinski definition) is 1. The molecular weight excluding hydrogens is 219 g/mol. The maximum atomic E-state index is 13.5. The molecule has 1 fully saturated rings. The van der Waals surface area contributed by atoms with E-state index in [0.29, 0.717) is 17.7 Å². The van der Waals surface area contributed by atoms with Crippen molar-refractivity contribution in [1.82, 2.24) is 0 Å². The number of amides is 1. The lowest BCUT2D eigenvalue weighted by Gasteiger charge is -2.25. The second kappa shape index (κ2) is 3.72. The summed E-state index contributed by atoms with van der Waals surface area (Å²) in [7, 11) is 0. The lowest BCUT2D eigenvalue weighted by molar-refractivity contribution is -0.116. The van der Waals surface area contributed by atoms with Crippen molar-refractivity contribution >= 4 is 17.3 Å². The number of carbonyl (C=O) groups excluding carboxylic acids is 1. The van der Waals surface area contributed by atoms with Gasteiger partial charge in [-0.25, -0.2) is 4.39 Å². The molecule has 3 nitrogen and oxygen atoms in total. The molecule has 1 N–H and O–H groups in total. The van der Waals surface area contributed by atoms with Gasteiger partial charge in [-0.2, -0.15) is 0 Å². The molecule has 1 atom stereocenters. The number of anilines is 2. The first-order valence-corrected chi connectivity index (χ1v) is 6.02. The first-order valence-electron chi connectivity index (χ1n) is 6.02. The Morgan fingerprint density at radius 3 is 3.12 bits per heavy atom. The average Bonchev–Trinajstić information content (AvgIpc) is 2.66. The van der Waals surface area contributed by atoms with Crippen molar-refractivity contribution < 1.29 is 9.18 Å². The Kier molecular flexibility index (Phi) is 2.31.